The number of hydrogen-bond acceptors (Lipinski definition) is 3. The number of halogens is 3. The first-order valence-corrected chi connectivity index (χ1v) is 8.49. The Morgan fingerprint density at radius 2 is 2.16 bits per heavy atom. The van der Waals surface area contributed by atoms with Crippen LogP contribution in [-0.2, 0) is 4.79 Å². The van der Waals surface area contributed by atoms with Crippen molar-refractivity contribution in [2.45, 2.75) is 18.7 Å². The number of carbonyl (C=O) groups excluding carboxylic acids is 1. The molecule has 2 aromatic rings. The SMILES string of the molecule is CC(C)C(Br)C(=O)Nc1nc2c(Br)cc(Cl)cc2s1. The fraction of sp³-hybridized carbons (Fsp3) is 0.333. The van der Waals surface area contributed by atoms with Crippen LogP contribution in [0.4, 0.5) is 5.13 Å². The van der Waals surface area contributed by atoms with Gasteiger partial charge in [-0.2, -0.15) is 0 Å². The molecular weight excluding hydrogens is 415 g/mol. The molecule has 1 heterocycles. The summed E-state index contributed by atoms with van der Waals surface area (Å²) in [4.78, 5) is 16.1. The molecule has 2 rings (SSSR count). The molecule has 1 aromatic heterocycles. The van der Waals surface area contributed by atoms with E-state index in [-0.39, 0.29) is 16.7 Å². The lowest BCUT2D eigenvalue weighted by molar-refractivity contribution is -0.116. The van der Waals surface area contributed by atoms with E-state index in [0.717, 1.165) is 14.7 Å². The summed E-state index contributed by atoms with van der Waals surface area (Å²) in [6.07, 6.45) is 0. The van der Waals surface area contributed by atoms with Gasteiger partial charge in [0.1, 0.15) is 0 Å². The first-order valence-electron chi connectivity index (χ1n) is 5.59. The van der Waals surface area contributed by atoms with Crippen molar-refractivity contribution in [2.75, 3.05) is 5.32 Å². The van der Waals surface area contributed by atoms with E-state index in [1.807, 2.05) is 19.9 Å². The summed E-state index contributed by atoms with van der Waals surface area (Å²) in [5.74, 6) is 0.131. The Kier molecular flexibility index (Phi) is 4.87. The van der Waals surface area contributed by atoms with Crippen molar-refractivity contribution < 1.29 is 4.79 Å². The number of anilines is 1. The minimum atomic E-state index is -0.230. The normalized spacial score (nSPS) is 12.9. The molecule has 0 aliphatic heterocycles. The van der Waals surface area contributed by atoms with Crippen LogP contribution >= 0.6 is 54.8 Å². The van der Waals surface area contributed by atoms with Crippen LogP contribution in [0.1, 0.15) is 13.8 Å². The van der Waals surface area contributed by atoms with Gasteiger partial charge < -0.3 is 5.32 Å². The van der Waals surface area contributed by atoms with Crippen LogP contribution < -0.4 is 5.32 Å². The van der Waals surface area contributed by atoms with Crippen molar-refractivity contribution in [1.29, 1.82) is 0 Å². The van der Waals surface area contributed by atoms with Gasteiger partial charge in [0, 0.05) is 9.50 Å². The number of aromatic nitrogens is 1. The zero-order chi connectivity index (χ0) is 14.2. The molecule has 7 heteroatoms. The highest BCUT2D eigenvalue weighted by atomic mass is 79.9. The zero-order valence-electron chi connectivity index (χ0n) is 10.2. The van der Waals surface area contributed by atoms with Crippen molar-refractivity contribution in [3.05, 3.63) is 21.6 Å². The van der Waals surface area contributed by atoms with Gasteiger partial charge in [-0.3, -0.25) is 4.79 Å². The number of benzene rings is 1. The Morgan fingerprint density at radius 1 is 1.47 bits per heavy atom. The number of carbonyl (C=O) groups is 1. The molecule has 19 heavy (non-hydrogen) atoms. The van der Waals surface area contributed by atoms with E-state index in [0.29, 0.717) is 10.2 Å². The lowest BCUT2D eigenvalue weighted by Crippen LogP contribution is -2.26. The molecule has 0 aliphatic carbocycles. The van der Waals surface area contributed by atoms with Crippen molar-refractivity contribution in [1.82, 2.24) is 4.98 Å². The molecule has 1 atom stereocenters. The van der Waals surface area contributed by atoms with Crippen LogP contribution in [0.2, 0.25) is 5.02 Å². The van der Waals surface area contributed by atoms with Gasteiger partial charge in [-0.25, -0.2) is 4.98 Å². The number of fused-ring (bicyclic) bond motifs is 1. The van der Waals surface area contributed by atoms with Gasteiger partial charge in [-0.1, -0.05) is 52.7 Å². The van der Waals surface area contributed by atoms with E-state index >= 15 is 0 Å². The molecule has 1 N–H and O–H groups in total. The zero-order valence-corrected chi connectivity index (χ0v) is 15.0. The van der Waals surface area contributed by atoms with Gasteiger partial charge in [0.25, 0.3) is 0 Å². The number of nitrogens with zero attached hydrogens (tertiary/aromatic N) is 1. The largest absolute Gasteiger partial charge is 0.301 e. The maximum Gasteiger partial charge on any atom is 0.240 e. The molecule has 3 nitrogen and oxygen atoms in total. The molecule has 1 amide bonds. The minimum absolute atomic E-state index is 0.0868. The summed E-state index contributed by atoms with van der Waals surface area (Å²) < 4.78 is 1.76. The maximum absolute atomic E-state index is 12.0. The summed E-state index contributed by atoms with van der Waals surface area (Å²) in [6.45, 7) is 3.96. The van der Waals surface area contributed by atoms with E-state index < -0.39 is 0 Å². The first kappa shape index (κ1) is 15.2. The quantitative estimate of drug-likeness (QED) is 0.696. The monoisotopic (exact) mass is 424 g/mol. The Bertz CT molecular complexity index is 629. The highest BCUT2D eigenvalue weighted by Crippen LogP contribution is 2.34. The van der Waals surface area contributed by atoms with Crippen LogP contribution in [0.5, 0.6) is 0 Å². The molecule has 0 saturated carbocycles. The molecule has 0 aliphatic rings. The molecule has 1 aromatic carbocycles. The average Bonchev–Trinajstić information content (AvgIpc) is 2.70. The van der Waals surface area contributed by atoms with E-state index in [9.17, 15) is 4.79 Å². The smallest absolute Gasteiger partial charge is 0.240 e. The number of hydrogen-bond donors (Lipinski definition) is 1. The summed E-state index contributed by atoms with van der Waals surface area (Å²) in [5, 5.41) is 4.03. The summed E-state index contributed by atoms with van der Waals surface area (Å²) in [5.41, 5.74) is 0.806. The maximum atomic E-state index is 12.0. The topological polar surface area (TPSA) is 42.0 Å². The van der Waals surface area contributed by atoms with E-state index in [1.165, 1.54) is 11.3 Å². The molecule has 0 radical (unpaired) electrons. The minimum Gasteiger partial charge on any atom is -0.301 e. The van der Waals surface area contributed by atoms with Gasteiger partial charge in [-0.15, -0.1) is 0 Å². The molecule has 1 unspecified atom stereocenters. The number of amides is 1. The van der Waals surface area contributed by atoms with Crippen molar-refractivity contribution in [2.24, 2.45) is 5.92 Å². The van der Waals surface area contributed by atoms with Gasteiger partial charge in [0.05, 0.1) is 15.0 Å². The highest BCUT2D eigenvalue weighted by molar-refractivity contribution is 9.10. The fourth-order valence-corrected chi connectivity index (χ4v) is 3.63. The van der Waals surface area contributed by atoms with E-state index in [2.05, 4.69) is 42.2 Å². The molecule has 0 fully saturated rings. The van der Waals surface area contributed by atoms with Gasteiger partial charge in [0.2, 0.25) is 5.91 Å². The molecule has 0 spiro atoms. The van der Waals surface area contributed by atoms with Crippen molar-refractivity contribution >= 4 is 76.1 Å². The van der Waals surface area contributed by atoms with Crippen molar-refractivity contribution in [3.63, 3.8) is 0 Å². The lowest BCUT2D eigenvalue weighted by Gasteiger charge is -2.11. The summed E-state index contributed by atoms with van der Waals surface area (Å²) in [6, 6.07) is 3.62. The Morgan fingerprint density at radius 3 is 2.79 bits per heavy atom. The number of rotatable bonds is 3. The number of nitrogens with one attached hydrogen (secondary N) is 1. The molecule has 0 bridgehead atoms. The Balaban J connectivity index is 2.27. The number of thiazole rings is 1. The third kappa shape index (κ3) is 3.48. The third-order valence-electron chi connectivity index (χ3n) is 2.48. The van der Waals surface area contributed by atoms with E-state index in [1.54, 1.807) is 6.07 Å². The van der Waals surface area contributed by atoms with Gasteiger partial charge in [-0.05, 0) is 34.0 Å². The second kappa shape index (κ2) is 6.08. The predicted octanol–water partition coefficient (Wildman–Crippen LogP) is 5.07. The van der Waals surface area contributed by atoms with Crippen LogP contribution in [0.15, 0.2) is 16.6 Å². The Hall–Kier alpha value is -0.170. The second-order valence-corrected chi connectivity index (χ2v) is 7.70. The van der Waals surface area contributed by atoms with Crippen LogP contribution in [0.3, 0.4) is 0 Å². The van der Waals surface area contributed by atoms with Crippen LogP contribution in [0.25, 0.3) is 10.2 Å². The van der Waals surface area contributed by atoms with Crippen LogP contribution in [0, 0.1) is 5.92 Å². The van der Waals surface area contributed by atoms with Gasteiger partial charge in [0.15, 0.2) is 5.13 Å². The summed E-state index contributed by atoms with van der Waals surface area (Å²) in [7, 11) is 0. The molecular formula is C12H11Br2ClN2OS. The van der Waals surface area contributed by atoms with Gasteiger partial charge >= 0.3 is 0 Å². The van der Waals surface area contributed by atoms with Crippen LogP contribution in [-0.4, -0.2) is 15.7 Å². The van der Waals surface area contributed by atoms with Crippen molar-refractivity contribution in [3.8, 4) is 0 Å². The highest BCUT2D eigenvalue weighted by Gasteiger charge is 2.20. The van der Waals surface area contributed by atoms with E-state index in [4.69, 9.17) is 11.6 Å². The summed E-state index contributed by atoms with van der Waals surface area (Å²) >= 11 is 14.2. The second-order valence-electron chi connectivity index (χ2n) is 4.39. The Labute approximate surface area is 137 Å². The fourth-order valence-electron chi connectivity index (χ4n) is 1.49. The average molecular weight is 427 g/mol. The lowest BCUT2D eigenvalue weighted by atomic mass is 10.1. The predicted molar refractivity (Wildman–Crippen MR) is 88.5 cm³/mol. The third-order valence-corrected chi connectivity index (χ3v) is 5.69. The molecule has 102 valence electrons. The number of alkyl halides is 1. The standard InChI is InChI=1S/C12H11Br2ClN2OS/c1-5(2)9(14)11(18)17-12-16-10-7(13)3-6(15)4-8(10)19-12/h3-5,9H,1-2H3,(H,16,17,18). The first-order chi connectivity index (χ1) is 8.88. The molecule has 0 saturated heterocycles.